The van der Waals surface area contributed by atoms with Gasteiger partial charge in [0.05, 0.1) is 4.90 Å². The van der Waals surface area contributed by atoms with Crippen molar-refractivity contribution in [3.8, 4) is 0 Å². The van der Waals surface area contributed by atoms with Gasteiger partial charge in [-0.3, -0.25) is 4.79 Å². The van der Waals surface area contributed by atoms with E-state index in [2.05, 4.69) is 6.92 Å². The first-order chi connectivity index (χ1) is 13.0. The third-order valence-electron chi connectivity index (χ3n) is 4.22. The smallest absolute Gasteiger partial charge is 0.243 e. The van der Waals surface area contributed by atoms with Gasteiger partial charge < -0.3 is 0 Å². The van der Waals surface area contributed by atoms with Gasteiger partial charge in [0.25, 0.3) is 0 Å². The maximum atomic E-state index is 13.2. The van der Waals surface area contributed by atoms with E-state index in [4.69, 9.17) is 0 Å². The van der Waals surface area contributed by atoms with E-state index >= 15 is 0 Å². The van der Waals surface area contributed by atoms with Crippen LogP contribution < -0.4 is 0 Å². The molecule has 3 rings (SSSR count). The molecule has 137 valence electrons. The van der Waals surface area contributed by atoms with E-state index in [9.17, 15) is 13.2 Å². The molecule has 0 aliphatic carbocycles. The van der Waals surface area contributed by atoms with E-state index in [0.29, 0.717) is 5.56 Å². The summed E-state index contributed by atoms with van der Waals surface area (Å²) in [6.45, 7) is 3.86. The van der Waals surface area contributed by atoms with Gasteiger partial charge in [-0.1, -0.05) is 72.8 Å². The predicted octanol–water partition coefficient (Wildman–Crippen LogP) is 4.09. The first kappa shape index (κ1) is 19.0. The number of hydrogen-bond donors (Lipinski definition) is 0. The van der Waals surface area contributed by atoms with Crippen LogP contribution in [0.2, 0.25) is 0 Å². The minimum atomic E-state index is -3.74. The standard InChI is InChI=1S/C22H20NO3S/c1-18(24)21-12-14-22(15-13-21)27(25,26)23(16-19-8-4-2-5-9-19)17-20-10-6-3-7-11-20/h2-15H,1,16-17H2. The molecule has 0 amide bonds. The Bertz CT molecular complexity index is 957. The van der Waals surface area contributed by atoms with Crippen LogP contribution in [0.1, 0.15) is 21.5 Å². The molecule has 1 radical (unpaired) electrons. The maximum Gasteiger partial charge on any atom is 0.243 e. The van der Waals surface area contributed by atoms with E-state index in [1.54, 1.807) is 0 Å². The van der Waals surface area contributed by atoms with E-state index in [1.165, 1.54) is 28.6 Å². The molecule has 4 nitrogen and oxygen atoms in total. The Morgan fingerprint density at radius 3 is 1.59 bits per heavy atom. The van der Waals surface area contributed by atoms with Crippen molar-refractivity contribution in [3.05, 3.63) is 109 Å². The fourth-order valence-electron chi connectivity index (χ4n) is 2.76. The van der Waals surface area contributed by atoms with E-state index in [-0.39, 0.29) is 23.8 Å². The fraction of sp³-hybridized carbons (Fsp3) is 0.0909. The lowest BCUT2D eigenvalue weighted by Gasteiger charge is -2.22. The molecule has 0 saturated carbocycles. The van der Waals surface area contributed by atoms with Crippen molar-refractivity contribution >= 4 is 15.8 Å². The molecule has 0 fully saturated rings. The minimum Gasteiger partial charge on any atom is -0.294 e. The van der Waals surface area contributed by atoms with Crippen LogP contribution in [0.3, 0.4) is 0 Å². The Morgan fingerprint density at radius 1 is 0.741 bits per heavy atom. The van der Waals surface area contributed by atoms with Crippen LogP contribution in [0.25, 0.3) is 0 Å². The Labute approximate surface area is 160 Å². The van der Waals surface area contributed by atoms with Crippen LogP contribution in [-0.4, -0.2) is 18.5 Å². The van der Waals surface area contributed by atoms with Gasteiger partial charge in [0, 0.05) is 25.6 Å². The van der Waals surface area contributed by atoms with Crippen LogP contribution in [0.15, 0.2) is 89.8 Å². The number of Topliss-reactive ketones (excluding diaryl/α,β-unsaturated/α-hetero) is 1. The number of benzene rings is 3. The van der Waals surface area contributed by atoms with Crippen molar-refractivity contribution in [3.63, 3.8) is 0 Å². The number of rotatable bonds is 7. The molecule has 0 aromatic heterocycles. The largest absolute Gasteiger partial charge is 0.294 e. The van der Waals surface area contributed by atoms with Crippen molar-refractivity contribution < 1.29 is 13.2 Å². The van der Waals surface area contributed by atoms with Gasteiger partial charge in [-0.15, -0.1) is 0 Å². The normalized spacial score (nSPS) is 11.5. The Balaban J connectivity index is 1.95. The highest BCUT2D eigenvalue weighted by Crippen LogP contribution is 2.22. The molecule has 0 saturated heterocycles. The molecule has 27 heavy (non-hydrogen) atoms. The van der Waals surface area contributed by atoms with Gasteiger partial charge in [-0.25, -0.2) is 8.42 Å². The van der Waals surface area contributed by atoms with Gasteiger partial charge in [0.2, 0.25) is 10.0 Å². The molecule has 0 N–H and O–H groups in total. The number of carbonyl (C=O) groups excluding carboxylic acids is 1. The van der Waals surface area contributed by atoms with Crippen LogP contribution >= 0.6 is 0 Å². The van der Waals surface area contributed by atoms with Crippen LogP contribution in [0.4, 0.5) is 0 Å². The summed E-state index contributed by atoms with van der Waals surface area (Å²) in [4.78, 5) is 11.5. The molecule has 0 spiro atoms. The summed E-state index contributed by atoms with van der Waals surface area (Å²) in [5, 5.41) is 0. The van der Waals surface area contributed by atoms with Crippen LogP contribution in [-0.2, 0) is 23.1 Å². The predicted molar refractivity (Wildman–Crippen MR) is 105 cm³/mol. The van der Waals surface area contributed by atoms with Gasteiger partial charge in [-0.05, 0) is 23.3 Å². The van der Waals surface area contributed by atoms with Gasteiger partial charge in [0.1, 0.15) is 0 Å². The summed E-state index contributed by atoms with van der Waals surface area (Å²) < 4.78 is 27.9. The molecule has 3 aromatic carbocycles. The second-order valence-electron chi connectivity index (χ2n) is 6.19. The SMILES string of the molecule is [CH2]C(=O)c1ccc(S(=O)(=O)N(Cc2ccccc2)Cc2ccccc2)cc1. The van der Waals surface area contributed by atoms with Crippen LogP contribution in [0.5, 0.6) is 0 Å². The molecule has 0 atom stereocenters. The molecule has 3 aromatic rings. The van der Waals surface area contributed by atoms with E-state index in [1.807, 2.05) is 60.7 Å². The average molecular weight is 378 g/mol. The molecule has 0 heterocycles. The molecule has 0 unspecified atom stereocenters. The van der Waals surface area contributed by atoms with Crippen molar-refractivity contribution in [1.29, 1.82) is 0 Å². The van der Waals surface area contributed by atoms with Gasteiger partial charge >= 0.3 is 0 Å². The first-order valence-corrected chi connectivity index (χ1v) is 9.95. The zero-order chi connectivity index (χ0) is 19.3. The summed E-state index contributed by atoms with van der Waals surface area (Å²) in [6, 6.07) is 24.8. The molecule has 0 aliphatic rings. The van der Waals surface area contributed by atoms with Gasteiger partial charge in [-0.2, -0.15) is 4.31 Å². The Hall–Kier alpha value is -2.76. The number of sulfonamides is 1. The van der Waals surface area contributed by atoms with Crippen molar-refractivity contribution in [1.82, 2.24) is 4.31 Å². The zero-order valence-corrected chi connectivity index (χ0v) is 15.6. The molecule has 5 heteroatoms. The lowest BCUT2D eigenvalue weighted by atomic mass is 10.2. The second-order valence-corrected chi connectivity index (χ2v) is 8.13. The quantitative estimate of drug-likeness (QED) is 0.582. The highest BCUT2D eigenvalue weighted by atomic mass is 32.2. The van der Waals surface area contributed by atoms with Crippen LogP contribution in [0, 0.1) is 6.92 Å². The monoisotopic (exact) mass is 378 g/mol. The zero-order valence-electron chi connectivity index (χ0n) is 14.8. The minimum absolute atomic E-state index is 0.152. The van der Waals surface area contributed by atoms with Gasteiger partial charge in [0.15, 0.2) is 5.78 Å². The third kappa shape index (κ3) is 4.70. The summed E-state index contributed by atoms with van der Waals surface area (Å²) in [6.07, 6.45) is 0. The Morgan fingerprint density at radius 2 is 1.19 bits per heavy atom. The summed E-state index contributed by atoms with van der Waals surface area (Å²) in [7, 11) is -3.74. The van der Waals surface area contributed by atoms with Crippen molar-refractivity contribution in [2.24, 2.45) is 0 Å². The highest BCUT2D eigenvalue weighted by Gasteiger charge is 2.25. The topological polar surface area (TPSA) is 54.5 Å². The maximum absolute atomic E-state index is 13.2. The van der Waals surface area contributed by atoms with Crippen molar-refractivity contribution in [2.45, 2.75) is 18.0 Å². The lowest BCUT2D eigenvalue weighted by molar-refractivity contribution is 0.104. The first-order valence-electron chi connectivity index (χ1n) is 8.51. The number of ketones is 1. The molecular formula is C22H20NO3S. The molecule has 0 aliphatic heterocycles. The number of hydrogen-bond acceptors (Lipinski definition) is 3. The second kappa shape index (κ2) is 8.29. The lowest BCUT2D eigenvalue weighted by Crippen LogP contribution is -2.30. The molecule has 0 bridgehead atoms. The highest BCUT2D eigenvalue weighted by molar-refractivity contribution is 7.89. The molecular weight excluding hydrogens is 358 g/mol. The Kier molecular flexibility index (Phi) is 5.84. The third-order valence-corrected chi connectivity index (χ3v) is 6.02. The van der Waals surface area contributed by atoms with E-state index in [0.717, 1.165) is 11.1 Å². The summed E-state index contributed by atoms with van der Waals surface area (Å²) in [5.74, 6) is -0.343. The van der Waals surface area contributed by atoms with E-state index < -0.39 is 10.0 Å². The summed E-state index contributed by atoms with van der Waals surface area (Å²) in [5.41, 5.74) is 2.19. The summed E-state index contributed by atoms with van der Waals surface area (Å²) >= 11 is 0. The number of carbonyl (C=O) groups is 1. The number of nitrogens with zero attached hydrogens (tertiary/aromatic N) is 1. The average Bonchev–Trinajstić information content (AvgIpc) is 2.69. The van der Waals surface area contributed by atoms with Crippen molar-refractivity contribution in [2.75, 3.05) is 0 Å². The fourth-order valence-corrected chi connectivity index (χ4v) is 4.18.